The third-order valence-electron chi connectivity index (χ3n) is 6.99. The summed E-state index contributed by atoms with van der Waals surface area (Å²) in [4.78, 5) is 25.1. The molecular formula is C32H37NO6S. The van der Waals surface area contributed by atoms with Crippen LogP contribution in [0.15, 0.2) is 60.7 Å². The van der Waals surface area contributed by atoms with Gasteiger partial charge in [-0.05, 0) is 89.9 Å². The van der Waals surface area contributed by atoms with Crippen LogP contribution >= 0.6 is 11.8 Å². The topological polar surface area (TPSA) is 94.1 Å². The molecule has 2 atom stereocenters. The quantitative estimate of drug-likeness (QED) is 0.255. The molecule has 4 rings (SSSR count). The Bertz CT molecular complexity index is 1330. The van der Waals surface area contributed by atoms with Crippen molar-refractivity contribution in [3.8, 4) is 16.9 Å². The molecule has 0 aromatic heterocycles. The fraction of sp³-hybridized carbons (Fsp3) is 0.375. The number of carboxylic acid groups (broad SMARTS) is 1. The van der Waals surface area contributed by atoms with Crippen LogP contribution in [0.5, 0.6) is 5.75 Å². The van der Waals surface area contributed by atoms with E-state index in [1.165, 1.54) is 5.56 Å². The van der Waals surface area contributed by atoms with Crippen molar-refractivity contribution in [3.63, 3.8) is 0 Å². The molecule has 0 saturated heterocycles. The zero-order chi connectivity index (χ0) is 28.5. The maximum Gasteiger partial charge on any atom is 0.326 e. The van der Waals surface area contributed by atoms with Crippen molar-refractivity contribution < 1.29 is 28.9 Å². The lowest BCUT2D eigenvalue weighted by atomic mass is 9.93. The normalized spacial score (nSPS) is 13.8. The average Bonchev–Trinajstić information content (AvgIpc) is 3.43. The van der Waals surface area contributed by atoms with Gasteiger partial charge < -0.3 is 24.6 Å². The first-order valence-electron chi connectivity index (χ1n) is 13.6. The first-order chi connectivity index (χ1) is 19.4. The van der Waals surface area contributed by atoms with Gasteiger partial charge in [0.1, 0.15) is 17.9 Å². The molecule has 3 aromatic carbocycles. The van der Waals surface area contributed by atoms with E-state index in [2.05, 4.69) is 11.4 Å². The lowest BCUT2D eigenvalue weighted by molar-refractivity contribution is -0.139. The fourth-order valence-corrected chi connectivity index (χ4v) is 5.25. The highest BCUT2D eigenvalue weighted by atomic mass is 32.2. The van der Waals surface area contributed by atoms with Gasteiger partial charge in [-0.25, -0.2) is 4.79 Å². The first kappa shape index (κ1) is 29.6. The summed E-state index contributed by atoms with van der Waals surface area (Å²) in [5.41, 5.74) is 6.21. The highest BCUT2D eigenvalue weighted by molar-refractivity contribution is 7.98. The molecule has 0 aliphatic carbocycles. The Morgan fingerprint density at radius 1 is 1.10 bits per heavy atom. The molecule has 0 bridgehead atoms. The maximum absolute atomic E-state index is 13.4. The zero-order valence-electron chi connectivity index (χ0n) is 23.3. The number of carbonyl (C=O) groups is 2. The van der Waals surface area contributed by atoms with Gasteiger partial charge in [-0.3, -0.25) is 4.79 Å². The Morgan fingerprint density at radius 3 is 2.67 bits per heavy atom. The van der Waals surface area contributed by atoms with E-state index >= 15 is 0 Å². The van der Waals surface area contributed by atoms with Crippen molar-refractivity contribution >= 4 is 23.6 Å². The van der Waals surface area contributed by atoms with E-state index in [1.54, 1.807) is 17.8 Å². The number of amides is 1. The van der Waals surface area contributed by atoms with Crippen LogP contribution in [0, 0.1) is 6.92 Å². The van der Waals surface area contributed by atoms with Gasteiger partial charge in [0, 0.05) is 18.6 Å². The van der Waals surface area contributed by atoms with Gasteiger partial charge in [0.2, 0.25) is 0 Å². The smallest absolute Gasteiger partial charge is 0.326 e. The number of rotatable bonds is 14. The van der Waals surface area contributed by atoms with Crippen molar-refractivity contribution in [2.75, 3.05) is 31.8 Å². The van der Waals surface area contributed by atoms with Crippen LogP contribution in [0.4, 0.5) is 0 Å². The Hall–Kier alpha value is -3.33. The molecule has 2 N–H and O–H groups in total. The lowest BCUT2D eigenvalue weighted by Crippen LogP contribution is -2.41. The molecule has 8 heteroatoms. The van der Waals surface area contributed by atoms with Gasteiger partial charge in [-0.1, -0.05) is 36.4 Å². The number of ether oxygens (including phenoxy) is 3. The molecule has 0 radical (unpaired) electrons. The van der Waals surface area contributed by atoms with E-state index in [9.17, 15) is 14.7 Å². The molecule has 212 valence electrons. The SMILES string of the molecule is CCOC[C@@H](OCc1ccc(C(=O)N[C@@H](CCSC)C(=O)O)c(-c2ccccc2C)c1)c1ccc2c(c1)CCO2. The summed E-state index contributed by atoms with van der Waals surface area (Å²) in [6.45, 7) is 5.98. The van der Waals surface area contributed by atoms with Crippen molar-refractivity contribution in [1.29, 1.82) is 0 Å². The summed E-state index contributed by atoms with van der Waals surface area (Å²) in [5.74, 6) is 0.115. The molecule has 0 fully saturated rings. The Kier molecular flexibility index (Phi) is 10.6. The van der Waals surface area contributed by atoms with Gasteiger partial charge in [-0.15, -0.1) is 0 Å². The number of fused-ring (bicyclic) bond motifs is 1. The molecule has 1 aliphatic heterocycles. The van der Waals surface area contributed by atoms with Gasteiger partial charge in [0.15, 0.2) is 0 Å². The van der Waals surface area contributed by atoms with Crippen LogP contribution in [-0.2, 0) is 27.3 Å². The number of nitrogens with one attached hydrogen (secondary N) is 1. The summed E-state index contributed by atoms with van der Waals surface area (Å²) >= 11 is 1.55. The summed E-state index contributed by atoms with van der Waals surface area (Å²) in [7, 11) is 0. The zero-order valence-corrected chi connectivity index (χ0v) is 24.1. The minimum Gasteiger partial charge on any atom is -0.493 e. The van der Waals surface area contributed by atoms with Gasteiger partial charge in [0.05, 0.1) is 19.8 Å². The van der Waals surface area contributed by atoms with Crippen LogP contribution in [0.1, 0.15) is 52.1 Å². The van der Waals surface area contributed by atoms with E-state index in [1.807, 2.05) is 68.6 Å². The number of benzene rings is 3. The van der Waals surface area contributed by atoms with Crippen LogP contribution in [0.25, 0.3) is 11.1 Å². The second-order valence-electron chi connectivity index (χ2n) is 9.77. The molecule has 0 saturated carbocycles. The number of hydrogen-bond donors (Lipinski definition) is 2. The van der Waals surface area contributed by atoms with Crippen LogP contribution < -0.4 is 10.1 Å². The van der Waals surface area contributed by atoms with Gasteiger partial charge in [-0.2, -0.15) is 11.8 Å². The summed E-state index contributed by atoms with van der Waals surface area (Å²) in [5, 5.41) is 12.4. The number of carboxylic acids is 1. The van der Waals surface area contributed by atoms with E-state index in [0.29, 0.717) is 44.2 Å². The average molecular weight is 564 g/mol. The Labute approximate surface area is 240 Å². The Balaban J connectivity index is 1.60. The molecule has 1 aliphatic rings. The summed E-state index contributed by atoms with van der Waals surface area (Å²) < 4.78 is 17.8. The number of carbonyl (C=O) groups excluding carboxylic acids is 1. The summed E-state index contributed by atoms with van der Waals surface area (Å²) in [6, 6.07) is 18.6. The van der Waals surface area contributed by atoms with Gasteiger partial charge >= 0.3 is 5.97 Å². The highest BCUT2D eigenvalue weighted by Crippen LogP contribution is 2.32. The molecule has 1 heterocycles. The molecule has 1 amide bonds. The minimum absolute atomic E-state index is 0.261. The maximum atomic E-state index is 13.4. The monoisotopic (exact) mass is 563 g/mol. The number of thioether (sulfide) groups is 1. The summed E-state index contributed by atoms with van der Waals surface area (Å²) in [6.07, 6.45) is 2.89. The number of aliphatic carboxylic acids is 1. The van der Waals surface area contributed by atoms with Crippen LogP contribution in [0.3, 0.4) is 0 Å². The first-order valence-corrected chi connectivity index (χ1v) is 15.0. The fourth-order valence-electron chi connectivity index (χ4n) is 4.78. The highest BCUT2D eigenvalue weighted by Gasteiger charge is 2.23. The number of aryl methyl sites for hydroxylation is 1. The third-order valence-corrected chi connectivity index (χ3v) is 7.63. The van der Waals surface area contributed by atoms with Crippen molar-refractivity contribution in [2.24, 2.45) is 0 Å². The van der Waals surface area contributed by atoms with E-state index in [0.717, 1.165) is 40.0 Å². The number of hydrogen-bond acceptors (Lipinski definition) is 6. The van der Waals surface area contributed by atoms with Crippen LogP contribution in [-0.4, -0.2) is 54.9 Å². The molecular weight excluding hydrogens is 526 g/mol. The second kappa shape index (κ2) is 14.3. The third kappa shape index (κ3) is 7.44. The Morgan fingerprint density at radius 2 is 1.93 bits per heavy atom. The van der Waals surface area contributed by atoms with E-state index in [-0.39, 0.29) is 6.10 Å². The molecule has 7 nitrogen and oxygen atoms in total. The predicted molar refractivity (Wildman–Crippen MR) is 158 cm³/mol. The van der Waals surface area contributed by atoms with E-state index < -0.39 is 17.9 Å². The van der Waals surface area contributed by atoms with Gasteiger partial charge in [0.25, 0.3) is 5.91 Å². The molecule has 3 aromatic rings. The molecule has 0 spiro atoms. The molecule has 40 heavy (non-hydrogen) atoms. The van der Waals surface area contributed by atoms with Crippen molar-refractivity contribution in [2.45, 2.75) is 45.4 Å². The van der Waals surface area contributed by atoms with Crippen LogP contribution in [0.2, 0.25) is 0 Å². The standard InChI is InChI=1S/C32H37NO6S/c1-4-37-20-30(23-10-12-29-24(18-23)13-15-38-29)39-19-22-9-11-26(27(17-22)25-8-6-5-7-21(25)2)31(34)33-28(32(35)36)14-16-40-3/h5-12,17-18,28,30H,4,13-16,19-20H2,1-3H3,(H,33,34)(H,35,36)/t28-,30+/m0/s1. The van der Waals surface area contributed by atoms with Crippen molar-refractivity contribution in [3.05, 3.63) is 88.5 Å². The largest absolute Gasteiger partial charge is 0.493 e. The lowest BCUT2D eigenvalue weighted by Gasteiger charge is -2.20. The van der Waals surface area contributed by atoms with Crippen molar-refractivity contribution in [1.82, 2.24) is 5.32 Å². The van der Waals surface area contributed by atoms with E-state index in [4.69, 9.17) is 14.2 Å². The predicted octanol–water partition coefficient (Wildman–Crippen LogP) is 5.83. The minimum atomic E-state index is -1.04. The molecule has 0 unspecified atom stereocenters. The second-order valence-corrected chi connectivity index (χ2v) is 10.8.